The molecule has 1 aliphatic carbocycles. The van der Waals surface area contributed by atoms with E-state index in [-0.39, 0.29) is 28.6 Å². The van der Waals surface area contributed by atoms with Gasteiger partial charge in [0.2, 0.25) is 0 Å². The van der Waals surface area contributed by atoms with Crippen LogP contribution in [0.5, 0.6) is 5.75 Å². The second-order valence-electron chi connectivity index (χ2n) is 9.01. The topological polar surface area (TPSA) is 86.4 Å². The standard InChI is InChI=1S/C26H28F3N3O3S/c1-36(33,34)20-12-13-25(22(30)16-20)35-14-6-9-19-15-21-23(31-18-7-3-2-4-8-18)10-5-11-24(21)32(19)17-26(27,28)29/h5,10-13,15-16,18,31H,2-4,7-8,14,17,30H2,1H3. The number of alkyl halides is 3. The normalized spacial score (nSPS) is 14.9. The minimum Gasteiger partial charge on any atom is -0.479 e. The van der Waals surface area contributed by atoms with Crippen molar-refractivity contribution < 1.29 is 26.3 Å². The summed E-state index contributed by atoms with van der Waals surface area (Å²) in [6, 6.07) is 11.4. The Morgan fingerprint density at radius 2 is 1.89 bits per heavy atom. The molecule has 0 radical (unpaired) electrons. The molecule has 0 atom stereocenters. The Kier molecular flexibility index (Phi) is 7.41. The number of aromatic nitrogens is 1. The smallest absolute Gasteiger partial charge is 0.406 e. The average molecular weight is 520 g/mol. The van der Waals surface area contributed by atoms with E-state index in [1.54, 1.807) is 18.2 Å². The Labute approximate surface area is 208 Å². The van der Waals surface area contributed by atoms with Crippen molar-refractivity contribution in [1.29, 1.82) is 0 Å². The third-order valence-corrected chi connectivity index (χ3v) is 7.28. The van der Waals surface area contributed by atoms with E-state index in [0.29, 0.717) is 16.9 Å². The lowest BCUT2D eigenvalue weighted by molar-refractivity contribution is -0.140. The third kappa shape index (κ3) is 6.26. The van der Waals surface area contributed by atoms with Crippen molar-refractivity contribution in [3.8, 4) is 17.6 Å². The summed E-state index contributed by atoms with van der Waals surface area (Å²) in [4.78, 5) is 0.0627. The molecule has 36 heavy (non-hydrogen) atoms. The van der Waals surface area contributed by atoms with E-state index in [1.165, 1.54) is 29.2 Å². The number of nitrogens with two attached hydrogens (primary N) is 1. The zero-order chi connectivity index (χ0) is 25.9. The molecular weight excluding hydrogens is 491 g/mol. The Morgan fingerprint density at radius 3 is 2.56 bits per heavy atom. The zero-order valence-corrected chi connectivity index (χ0v) is 20.7. The first-order valence-electron chi connectivity index (χ1n) is 11.7. The van der Waals surface area contributed by atoms with Crippen molar-refractivity contribution in [2.24, 2.45) is 0 Å². The minimum atomic E-state index is -4.42. The molecule has 3 N–H and O–H groups in total. The first-order valence-corrected chi connectivity index (χ1v) is 13.6. The van der Waals surface area contributed by atoms with Gasteiger partial charge in [-0.3, -0.25) is 0 Å². The van der Waals surface area contributed by atoms with Crippen LogP contribution in [0.15, 0.2) is 47.4 Å². The summed E-state index contributed by atoms with van der Waals surface area (Å²) in [6.45, 7) is -1.29. The molecule has 0 spiro atoms. The molecular formula is C26H28F3N3O3S. The van der Waals surface area contributed by atoms with Crippen LogP contribution in [0.2, 0.25) is 0 Å². The lowest BCUT2D eigenvalue weighted by Crippen LogP contribution is -2.22. The highest BCUT2D eigenvalue weighted by Crippen LogP contribution is 2.32. The first kappa shape index (κ1) is 25.8. The van der Waals surface area contributed by atoms with Crippen molar-refractivity contribution in [3.63, 3.8) is 0 Å². The molecule has 4 rings (SSSR count). The Bertz CT molecular complexity index is 1410. The van der Waals surface area contributed by atoms with E-state index >= 15 is 0 Å². The van der Waals surface area contributed by atoms with Gasteiger partial charge in [0.15, 0.2) is 9.84 Å². The number of halogens is 3. The molecule has 1 aliphatic rings. The van der Waals surface area contributed by atoms with Crippen LogP contribution in [0.25, 0.3) is 10.9 Å². The van der Waals surface area contributed by atoms with Crippen LogP contribution < -0.4 is 15.8 Å². The number of nitrogens with zero attached hydrogens (tertiary/aromatic N) is 1. The van der Waals surface area contributed by atoms with Crippen LogP contribution in [-0.4, -0.2) is 38.1 Å². The molecule has 2 aromatic carbocycles. The average Bonchev–Trinajstić information content (AvgIpc) is 3.14. The van der Waals surface area contributed by atoms with Crippen LogP contribution in [0, 0.1) is 11.8 Å². The predicted octanol–water partition coefficient (Wildman–Crippen LogP) is 5.36. The van der Waals surface area contributed by atoms with Crippen LogP contribution in [0.3, 0.4) is 0 Å². The van der Waals surface area contributed by atoms with Crippen molar-refractivity contribution in [2.75, 3.05) is 23.9 Å². The fourth-order valence-electron chi connectivity index (χ4n) is 4.46. The van der Waals surface area contributed by atoms with Gasteiger partial charge in [-0.25, -0.2) is 8.42 Å². The SMILES string of the molecule is CS(=O)(=O)c1ccc(OCC#Cc2cc3c(NC4CCCCC4)cccc3n2CC(F)(F)F)c(N)c1. The molecule has 10 heteroatoms. The van der Waals surface area contributed by atoms with Gasteiger partial charge in [-0.2, -0.15) is 13.2 Å². The highest BCUT2D eigenvalue weighted by atomic mass is 32.2. The quantitative estimate of drug-likeness (QED) is 0.338. The van der Waals surface area contributed by atoms with E-state index in [0.717, 1.165) is 37.6 Å². The molecule has 0 amide bonds. The summed E-state index contributed by atoms with van der Waals surface area (Å²) in [5.41, 5.74) is 7.49. The minimum absolute atomic E-state index is 0.0627. The summed E-state index contributed by atoms with van der Waals surface area (Å²) in [5, 5.41) is 4.21. The molecule has 6 nitrogen and oxygen atoms in total. The fourth-order valence-corrected chi connectivity index (χ4v) is 5.12. The van der Waals surface area contributed by atoms with Crippen LogP contribution in [0.1, 0.15) is 37.8 Å². The monoisotopic (exact) mass is 519 g/mol. The maximum atomic E-state index is 13.4. The number of sulfone groups is 1. The second-order valence-corrected chi connectivity index (χ2v) is 11.0. The van der Waals surface area contributed by atoms with Crippen molar-refractivity contribution in [1.82, 2.24) is 4.57 Å². The van der Waals surface area contributed by atoms with Gasteiger partial charge in [-0.15, -0.1) is 0 Å². The van der Waals surface area contributed by atoms with Crippen molar-refractivity contribution in [2.45, 2.75) is 55.8 Å². The number of nitrogens with one attached hydrogen (secondary N) is 1. The maximum absolute atomic E-state index is 13.4. The largest absolute Gasteiger partial charge is 0.479 e. The molecule has 1 heterocycles. The van der Waals surface area contributed by atoms with Crippen LogP contribution >= 0.6 is 0 Å². The number of hydrogen-bond acceptors (Lipinski definition) is 5. The van der Waals surface area contributed by atoms with Crippen LogP contribution in [-0.2, 0) is 16.4 Å². The number of anilines is 2. The van der Waals surface area contributed by atoms with Crippen molar-refractivity contribution >= 4 is 32.1 Å². The lowest BCUT2D eigenvalue weighted by Gasteiger charge is -2.24. The summed E-state index contributed by atoms with van der Waals surface area (Å²) in [5.74, 6) is 5.80. The van der Waals surface area contributed by atoms with E-state index in [4.69, 9.17) is 10.5 Å². The lowest BCUT2D eigenvalue weighted by atomic mass is 9.95. The van der Waals surface area contributed by atoms with Crippen molar-refractivity contribution in [3.05, 3.63) is 48.2 Å². The van der Waals surface area contributed by atoms with Gasteiger partial charge < -0.3 is 20.4 Å². The molecule has 0 aliphatic heterocycles. The van der Waals surface area contributed by atoms with Gasteiger partial charge in [0.05, 0.1) is 21.8 Å². The number of rotatable bonds is 6. The Morgan fingerprint density at radius 1 is 1.14 bits per heavy atom. The van der Waals surface area contributed by atoms with Gasteiger partial charge in [-0.05, 0) is 55.2 Å². The van der Waals surface area contributed by atoms with Gasteiger partial charge in [-0.1, -0.05) is 31.2 Å². The van der Waals surface area contributed by atoms with E-state index < -0.39 is 22.6 Å². The van der Waals surface area contributed by atoms with Gasteiger partial charge in [0.1, 0.15) is 18.9 Å². The summed E-state index contributed by atoms with van der Waals surface area (Å²) in [6.07, 6.45) is 2.23. The van der Waals surface area contributed by atoms with Gasteiger partial charge in [0, 0.05) is 23.4 Å². The van der Waals surface area contributed by atoms with E-state index in [2.05, 4.69) is 17.2 Å². The molecule has 1 fully saturated rings. The number of hydrogen-bond donors (Lipinski definition) is 2. The highest BCUT2D eigenvalue weighted by molar-refractivity contribution is 7.90. The van der Waals surface area contributed by atoms with Crippen LogP contribution in [0.4, 0.5) is 24.5 Å². The molecule has 3 aromatic rings. The summed E-state index contributed by atoms with van der Waals surface area (Å²) in [7, 11) is -3.41. The summed E-state index contributed by atoms with van der Waals surface area (Å²) < 4.78 is 70.2. The second kappa shape index (κ2) is 10.3. The molecule has 1 aromatic heterocycles. The van der Waals surface area contributed by atoms with E-state index in [9.17, 15) is 21.6 Å². The molecule has 0 unspecified atom stereocenters. The third-order valence-electron chi connectivity index (χ3n) is 6.17. The molecule has 1 saturated carbocycles. The molecule has 192 valence electrons. The number of benzene rings is 2. The molecule has 0 bridgehead atoms. The number of nitrogen functional groups attached to an aromatic ring is 1. The molecule has 0 saturated heterocycles. The maximum Gasteiger partial charge on any atom is 0.406 e. The number of fused-ring (bicyclic) bond motifs is 1. The first-order chi connectivity index (χ1) is 17.0. The zero-order valence-electron chi connectivity index (χ0n) is 19.9. The van der Waals surface area contributed by atoms with E-state index in [1.807, 2.05) is 6.07 Å². The predicted molar refractivity (Wildman–Crippen MR) is 135 cm³/mol. The van der Waals surface area contributed by atoms with Gasteiger partial charge in [0.25, 0.3) is 0 Å². The fraction of sp³-hybridized carbons (Fsp3) is 0.385. The summed E-state index contributed by atoms with van der Waals surface area (Å²) >= 11 is 0. The Balaban J connectivity index is 1.59. The van der Waals surface area contributed by atoms with Gasteiger partial charge >= 0.3 is 6.18 Å². The number of ether oxygens (including phenoxy) is 1. The Hall–Kier alpha value is -3.32. The highest BCUT2D eigenvalue weighted by Gasteiger charge is 2.30.